The van der Waals surface area contributed by atoms with E-state index in [-0.39, 0.29) is 5.92 Å². The first kappa shape index (κ1) is 13.4. The Kier molecular flexibility index (Phi) is 4.66. The van der Waals surface area contributed by atoms with Crippen LogP contribution in [0.3, 0.4) is 0 Å². The third kappa shape index (κ3) is 3.50. The molecule has 0 aromatic heterocycles. The summed E-state index contributed by atoms with van der Waals surface area (Å²) < 4.78 is 26.0. The van der Waals surface area contributed by atoms with E-state index in [0.29, 0.717) is 0 Å². The van der Waals surface area contributed by atoms with Crippen LogP contribution in [-0.4, -0.2) is 37.6 Å². The van der Waals surface area contributed by atoms with Crippen LogP contribution in [0.4, 0.5) is 8.78 Å². The molecule has 1 aromatic carbocycles. The molecule has 2 nitrogen and oxygen atoms in total. The van der Waals surface area contributed by atoms with E-state index in [9.17, 15) is 8.78 Å². The van der Waals surface area contributed by atoms with E-state index in [2.05, 4.69) is 17.1 Å². The molecule has 1 unspecified atom stereocenters. The molecule has 0 saturated carbocycles. The molecule has 100 valence electrons. The highest BCUT2D eigenvalue weighted by molar-refractivity contribution is 5.21. The van der Waals surface area contributed by atoms with Crippen LogP contribution in [-0.2, 0) is 0 Å². The lowest BCUT2D eigenvalue weighted by molar-refractivity contribution is 0.234. The highest BCUT2D eigenvalue weighted by Crippen LogP contribution is 2.21. The van der Waals surface area contributed by atoms with Gasteiger partial charge in [-0.1, -0.05) is 13.0 Å². The maximum absolute atomic E-state index is 13.1. The van der Waals surface area contributed by atoms with Crippen molar-refractivity contribution in [2.75, 3.05) is 32.7 Å². The van der Waals surface area contributed by atoms with Gasteiger partial charge in [-0.05, 0) is 36.6 Å². The van der Waals surface area contributed by atoms with E-state index in [0.717, 1.165) is 44.7 Å². The van der Waals surface area contributed by atoms with Crippen LogP contribution in [0.15, 0.2) is 18.2 Å². The molecular formula is C14H20F2N2. The third-order valence-electron chi connectivity index (χ3n) is 3.60. The topological polar surface area (TPSA) is 15.3 Å². The Morgan fingerprint density at radius 3 is 2.61 bits per heavy atom. The molecule has 0 amide bonds. The standard InChI is InChI=1S/C14H20F2N2/c1-11(4-7-18-8-5-17-6-9-18)12-2-3-13(15)14(16)10-12/h2-3,10-11,17H,4-9H2,1H3. The fraction of sp³-hybridized carbons (Fsp3) is 0.571. The maximum Gasteiger partial charge on any atom is 0.159 e. The van der Waals surface area contributed by atoms with Gasteiger partial charge in [-0.2, -0.15) is 0 Å². The minimum atomic E-state index is -0.770. The van der Waals surface area contributed by atoms with Crippen molar-refractivity contribution in [2.24, 2.45) is 0 Å². The Morgan fingerprint density at radius 2 is 1.94 bits per heavy atom. The Balaban J connectivity index is 1.86. The summed E-state index contributed by atoms with van der Waals surface area (Å²) in [6, 6.07) is 4.21. The van der Waals surface area contributed by atoms with E-state index in [1.54, 1.807) is 6.07 Å². The second kappa shape index (κ2) is 6.25. The molecule has 1 aliphatic heterocycles. The number of hydrogen-bond acceptors (Lipinski definition) is 2. The summed E-state index contributed by atoms with van der Waals surface area (Å²) in [5.74, 6) is -1.26. The predicted octanol–water partition coefficient (Wildman–Crippen LogP) is 2.36. The van der Waals surface area contributed by atoms with Crippen molar-refractivity contribution in [3.63, 3.8) is 0 Å². The summed E-state index contributed by atoms with van der Waals surface area (Å²) in [7, 11) is 0. The predicted molar refractivity (Wildman–Crippen MR) is 68.7 cm³/mol. The minimum Gasteiger partial charge on any atom is -0.314 e. The van der Waals surface area contributed by atoms with E-state index in [1.165, 1.54) is 12.1 Å². The fourth-order valence-electron chi connectivity index (χ4n) is 2.30. The van der Waals surface area contributed by atoms with Gasteiger partial charge in [0, 0.05) is 26.2 Å². The van der Waals surface area contributed by atoms with Gasteiger partial charge in [-0.25, -0.2) is 8.78 Å². The molecule has 4 heteroatoms. The van der Waals surface area contributed by atoms with Gasteiger partial charge in [-0.15, -0.1) is 0 Å². The second-order valence-electron chi connectivity index (χ2n) is 4.95. The summed E-state index contributed by atoms with van der Waals surface area (Å²) in [5.41, 5.74) is 0.879. The zero-order valence-corrected chi connectivity index (χ0v) is 10.8. The number of halogens is 2. The molecule has 2 rings (SSSR count). The van der Waals surface area contributed by atoms with Gasteiger partial charge in [0.1, 0.15) is 0 Å². The quantitative estimate of drug-likeness (QED) is 0.887. The first-order chi connectivity index (χ1) is 8.66. The van der Waals surface area contributed by atoms with Crippen molar-refractivity contribution >= 4 is 0 Å². The van der Waals surface area contributed by atoms with Crippen LogP contribution in [0, 0.1) is 11.6 Å². The average molecular weight is 254 g/mol. The van der Waals surface area contributed by atoms with Gasteiger partial charge in [0.15, 0.2) is 11.6 Å². The van der Waals surface area contributed by atoms with Crippen molar-refractivity contribution in [1.82, 2.24) is 10.2 Å². The Hall–Kier alpha value is -1.00. The second-order valence-corrected chi connectivity index (χ2v) is 4.95. The highest BCUT2D eigenvalue weighted by atomic mass is 19.2. The van der Waals surface area contributed by atoms with E-state index in [4.69, 9.17) is 0 Å². The molecule has 1 fully saturated rings. The molecule has 1 aliphatic rings. The van der Waals surface area contributed by atoms with Gasteiger partial charge >= 0.3 is 0 Å². The summed E-state index contributed by atoms with van der Waals surface area (Å²) >= 11 is 0. The number of piperazine rings is 1. The lowest BCUT2D eigenvalue weighted by Crippen LogP contribution is -2.43. The van der Waals surface area contributed by atoms with Crippen molar-refractivity contribution in [1.29, 1.82) is 0 Å². The lowest BCUT2D eigenvalue weighted by atomic mass is 9.97. The van der Waals surface area contributed by atoms with Crippen LogP contribution >= 0.6 is 0 Å². The van der Waals surface area contributed by atoms with Crippen LogP contribution < -0.4 is 5.32 Å². The largest absolute Gasteiger partial charge is 0.314 e. The first-order valence-electron chi connectivity index (χ1n) is 6.55. The molecule has 0 spiro atoms. The van der Waals surface area contributed by atoms with Gasteiger partial charge in [0.25, 0.3) is 0 Å². The van der Waals surface area contributed by atoms with Crippen LogP contribution in [0.5, 0.6) is 0 Å². The lowest BCUT2D eigenvalue weighted by Gasteiger charge is -2.28. The summed E-state index contributed by atoms with van der Waals surface area (Å²) in [6.45, 7) is 7.31. The SMILES string of the molecule is CC(CCN1CCNCC1)c1ccc(F)c(F)c1. The molecular weight excluding hydrogens is 234 g/mol. The number of nitrogens with zero attached hydrogens (tertiary/aromatic N) is 1. The van der Waals surface area contributed by atoms with Crippen LogP contribution in [0.1, 0.15) is 24.8 Å². The normalized spacial score (nSPS) is 18.8. The van der Waals surface area contributed by atoms with Crippen molar-refractivity contribution in [2.45, 2.75) is 19.3 Å². The highest BCUT2D eigenvalue weighted by Gasteiger charge is 2.13. The van der Waals surface area contributed by atoms with Gasteiger partial charge < -0.3 is 10.2 Å². The average Bonchev–Trinajstić information content (AvgIpc) is 2.40. The molecule has 1 heterocycles. The van der Waals surface area contributed by atoms with Gasteiger partial charge in [-0.3, -0.25) is 0 Å². The summed E-state index contributed by atoms with van der Waals surface area (Å²) in [6.07, 6.45) is 0.977. The Bertz CT molecular complexity index is 389. The first-order valence-corrected chi connectivity index (χ1v) is 6.55. The minimum absolute atomic E-state index is 0.259. The fourth-order valence-corrected chi connectivity index (χ4v) is 2.30. The zero-order valence-electron chi connectivity index (χ0n) is 10.8. The summed E-state index contributed by atoms with van der Waals surface area (Å²) in [4.78, 5) is 2.41. The Morgan fingerprint density at radius 1 is 1.22 bits per heavy atom. The van der Waals surface area contributed by atoms with E-state index < -0.39 is 11.6 Å². The molecule has 0 aliphatic carbocycles. The molecule has 0 radical (unpaired) electrons. The molecule has 1 aromatic rings. The van der Waals surface area contributed by atoms with Crippen LogP contribution in [0.2, 0.25) is 0 Å². The van der Waals surface area contributed by atoms with Gasteiger partial charge in [0.05, 0.1) is 0 Å². The Labute approximate surface area is 107 Å². The molecule has 0 bridgehead atoms. The van der Waals surface area contributed by atoms with E-state index in [1.807, 2.05) is 0 Å². The number of hydrogen-bond donors (Lipinski definition) is 1. The maximum atomic E-state index is 13.1. The van der Waals surface area contributed by atoms with Crippen LogP contribution in [0.25, 0.3) is 0 Å². The molecule has 1 atom stereocenters. The smallest absolute Gasteiger partial charge is 0.159 e. The molecule has 1 N–H and O–H groups in total. The van der Waals surface area contributed by atoms with Crippen molar-refractivity contribution in [3.05, 3.63) is 35.4 Å². The van der Waals surface area contributed by atoms with Crippen molar-refractivity contribution in [3.8, 4) is 0 Å². The number of benzene rings is 1. The number of nitrogens with one attached hydrogen (secondary N) is 1. The third-order valence-corrected chi connectivity index (χ3v) is 3.60. The summed E-state index contributed by atoms with van der Waals surface area (Å²) in [5, 5.41) is 3.31. The zero-order chi connectivity index (χ0) is 13.0. The van der Waals surface area contributed by atoms with Crippen molar-refractivity contribution < 1.29 is 8.78 Å². The molecule has 18 heavy (non-hydrogen) atoms. The van der Waals surface area contributed by atoms with E-state index >= 15 is 0 Å². The molecule has 1 saturated heterocycles. The van der Waals surface area contributed by atoms with Gasteiger partial charge in [0.2, 0.25) is 0 Å². The monoisotopic (exact) mass is 254 g/mol. The number of rotatable bonds is 4.